The van der Waals surface area contributed by atoms with E-state index in [-0.39, 0.29) is 25.0 Å². The average molecular weight is 491 g/mol. The number of rotatable bonds is 10. The lowest BCUT2D eigenvalue weighted by molar-refractivity contribution is -0.142. The Morgan fingerprint density at radius 1 is 1.10 bits per heavy atom. The summed E-state index contributed by atoms with van der Waals surface area (Å²) in [4.78, 5) is 27.4. The molecule has 0 aromatic heterocycles. The van der Waals surface area contributed by atoms with E-state index in [2.05, 4.69) is 21.2 Å². The summed E-state index contributed by atoms with van der Waals surface area (Å²) in [7, 11) is 1.60. The van der Waals surface area contributed by atoms with Gasteiger partial charge < -0.3 is 19.7 Å². The number of hydrogen-bond acceptors (Lipinski definition) is 4. The maximum absolute atomic E-state index is 13.2. The van der Waals surface area contributed by atoms with Gasteiger partial charge >= 0.3 is 0 Å². The number of carbonyl (C=O) groups excluding carboxylic acids is 2. The van der Waals surface area contributed by atoms with Gasteiger partial charge in [0.15, 0.2) is 6.61 Å². The number of aryl methyl sites for hydroxylation is 2. The number of nitrogens with zero attached hydrogens (tertiary/aromatic N) is 1. The summed E-state index contributed by atoms with van der Waals surface area (Å²) in [5.74, 6) is 0.905. The van der Waals surface area contributed by atoms with Crippen molar-refractivity contribution in [2.24, 2.45) is 0 Å². The molecule has 2 aromatic carbocycles. The third-order valence-electron chi connectivity index (χ3n) is 5.00. The first-order valence-electron chi connectivity index (χ1n) is 10.4. The zero-order chi connectivity index (χ0) is 23.0. The number of benzene rings is 2. The van der Waals surface area contributed by atoms with Crippen LogP contribution in [-0.2, 0) is 16.1 Å². The number of halogens is 1. The van der Waals surface area contributed by atoms with Crippen LogP contribution in [0.1, 0.15) is 37.0 Å². The van der Waals surface area contributed by atoms with E-state index in [1.165, 1.54) is 0 Å². The molecular weight excluding hydrogens is 460 g/mol. The third-order valence-corrected chi connectivity index (χ3v) is 6.25. The molecule has 2 aromatic rings. The molecule has 0 radical (unpaired) electrons. The lowest BCUT2D eigenvalue weighted by Crippen LogP contribution is -2.50. The summed E-state index contributed by atoms with van der Waals surface area (Å²) in [6, 6.07) is 10.7. The molecule has 0 aliphatic carbocycles. The topological polar surface area (TPSA) is 67.9 Å². The first-order chi connectivity index (χ1) is 14.8. The van der Waals surface area contributed by atoms with E-state index >= 15 is 0 Å². The highest BCUT2D eigenvalue weighted by Crippen LogP contribution is 2.26. The fraction of sp³-hybridized carbons (Fsp3) is 0.417. The molecule has 7 heteroatoms. The minimum atomic E-state index is -0.587. The minimum Gasteiger partial charge on any atom is -0.497 e. The molecule has 0 heterocycles. The van der Waals surface area contributed by atoms with Crippen molar-refractivity contribution in [2.45, 2.75) is 46.7 Å². The van der Waals surface area contributed by atoms with Crippen molar-refractivity contribution in [3.05, 3.63) is 57.6 Å². The number of ether oxygens (including phenoxy) is 2. The molecule has 0 bridgehead atoms. The molecule has 0 aliphatic rings. The lowest BCUT2D eigenvalue weighted by atomic mass is 10.1. The van der Waals surface area contributed by atoms with Crippen molar-refractivity contribution in [2.75, 3.05) is 20.3 Å². The van der Waals surface area contributed by atoms with E-state index in [1.807, 2.05) is 64.1 Å². The quantitative estimate of drug-likeness (QED) is 0.535. The highest BCUT2D eigenvalue weighted by Gasteiger charge is 2.28. The van der Waals surface area contributed by atoms with Crippen LogP contribution in [0.3, 0.4) is 0 Å². The van der Waals surface area contributed by atoms with Gasteiger partial charge in [-0.1, -0.05) is 35.0 Å². The van der Waals surface area contributed by atoms with Gasteiger partial charge in [-0.2, -0.15) is 0 Å². The first kappa shape index (κ1) is 24.7. The van der Waals surface area contributed by atoms with Crippen LogP contribution in [0.4, 0.5) is 0 Å². The second-order valence-electron chi connectivity index (χ2n) is 7.35. The second kappa shape index (κ2) is 11.7. The van der Waals surface area contributed by atoms with Crippen molar-refractivity contribution in [3.8, 4) is 11.5 Å². The predicted octanol–water partition coefficient (Wildman–Crippen LogP) is 4.40. The molecule has 0 aliphatic heterocycles. The van der Waals surface area contributed by atoms with Crippen molar-refractivity contribution in [1.29, 1.82) is 0 Å². The second-order valence-corrected chi connectivity index (χ2v) is 8.14. The Morgan fingerprint density at radius 3 is 2.35 bits per heavy atom. The lowest BCUT2D eigenvalue weighted by Gasteiger charge is -2.30. The normalized spacial score (nSPS) is 11.5. The Hall–Kier alpha value is -2.54. The molecule has 1 atom stereocenters. The van der Waals surface area contributed by atoms with Crippen LogP contribution in [0.15, 0.2) is 40.9 Å². The van der Waals surface area contributed by atoms with Crippen LogP contribution in [0, 0.1) is 13.8 Å². The van der Waals surface area contributed by atoms with Gasteiger partial charge in [0.25, 0.3) is 5.91 Å². The summed E-state index contributed by atoms with van der Waals surface area (Å²) in [6.07, 6.45) is 0.498. The van der Waals surface area contributed by atoms with Gasteiger partial charge in [0.05, 0.1) is 7.11 Å². The molecule has 168 valence electrons. The highest BCUT2D eigenvalue weighted by molar-refractivity contribution is 9.10. The Bertz CT molecular complexity index is 893. The SMILES string of the molecule is CCNC(=O)[C@@H](CC)N(Cc1cccc(OC)c1)C(=O)COc1cc(C)c(Br)c(C)c1. The van der Waals surface area contributed by atoms with Gasteiger partial charge in [-0.25, -0.2) is 0 Å². The Morgan fingerprint density at radius 2 is 1.77 bits per heavy atom. The zero-order valence-electron chi connectivity index (χ0n) is 18.8. The molecule has 0 fully saturated rings. The largest absolute Gasteiger partial charge is 0.497 e. The molecule has 0 unspecified atom stereocenters. The van der Waals surface area contributed by atoms with Crippen molar-refractivity contribution in [1.82, 2.24) is 10.2 Å². The number of likely N-dealkylation sites (N-methyl/N-ethyl adjacent to an activating group) is 1. The van der Waals surface area contributed by atoms with E-state index in [4.69, 9.17) is 9.47 Å². The van der Waals surface area contributed by atoms with Gasteiger partial charge in [-0.3, -0.25) is 9.59 Å². The van der Waals surface area contributed by atoms with Crippen molar-refractivity contribution >= 4 is 27.7 Å². The van der Waals surface area contributed by atoms with Gasteiger partial charge in [-0.15, -0.1) is 0 Å². The summed E-state index contributed by atoms with van der Waals surface area (Å²) < 4.78 is 12.1. The number of amides is 2. The highest BCUT2D eigenvalue weighted by atomic mass is 79.9. The minimum absolute atomic E-state index is 0.152. The van der Waals surface area contributed by atoms with E-state index in [0.717, 1.165) is 21.2 Å². The van der Waals surface area contributed by atoms with Crippen LogP contribution in [0.2, 0.25) is 0 Å². The maximum atomic E-state index is 13.2. The third kappa shape index (κ3) is 6.72. The molecule has 31 heavy (non-hydrogen) atoms. The number of hydrogen-bond donors (Lipinski definition) is 1. The van der Waals surface area contributed by atoms with Gasteiger partial charge in [0.2, 0.25) is 5.91 Å². The predicted molar refractivity (Wildman–Crippen MR) is 125 cm³/mol. The standard InChI is InChI=1S/C24H31BrN2O4/c1-6-21(24(29)26-7-2)27(14-18-9-8-10-19(13-18)30-5)22(28)15-31-20-11-16(3)23(25)17(4)12-20/h8-13,21H,6-7,14-15H2,1-5H3,(H,26,29)/t21-/m1/s1. The van der Waals surface area contributed by atoms with Crippen LogP contribution in [0.25, 0.3) is 0 Å². The van der Waals surface area contributed by atoms with Gasteiger partial charge in [-0.05, 0) is 68.1 Å². The molecule has 2 rings (SSSR count). The molecular formula is C24H31BrN2O4. The number of nitrogens with one attached hydrogen (secondary N) is 1. The van der Waals surface area contributed by atoms with E-state index in [9.17, 15) is 9.59 Å². The molecule has 0 saturated carbocycles. The number of carbonyl (C=O) groups is 2. The van der Waals surface area contributed by atoms with Crippen molar-refractivity contribution in [3.63, 3.8) is 0 Å². The number of methoxy groups -OCH3 is 1. The Balaban J connectivity index is 2.25. The van der Waals surface area contributed by atoms with Crippen LogP contribution < -0.4 is 14.8 Å². The van der Waals surface area contributed by atoms with E-state index in [0.29, 0.717) is 24.5 Å². The summed E-state index contributed by atoms with van der Waals surface area (Å²) in [5.41, 5.74) is 2.94. The smallest absolute Gasteiger partial charge is 0.261 e. The van der Waals surface area contributed by atoms with Crippen LogP contribution in [0.5, 0.6) is 11.5 Å². The van der Waals surface area contributed by atoms with Gasteiger partial charge in [0, 0.05) is 17.6 Å². The summed E-state index contributed by atoms with van der Waals surface area (Å²) >= 11 is 3.54. The van der Waals surface area contributed by atoms with Crippen LogP contribution in [-0.4, -0.2) is 43.0 Å². The summed E-state index contributed by atoms with van der Waals surface area (Å²) in [6.45, 7) is 8.35. The van der Waals surface area contributed by atoms with E-state index in [1.54, 1.807) is 12.0 Å². The van der Waals surface area contributed by atoms with Crippen molar-refractivity contribution < 1.29 is 19.1 Å². The van der Waals surface area contributed by atoms with E-state index < -0.39 is 6.04 Å². The Labute approximate surface area is 193 Å². The molecule has 2 amide bonds. The van der Waals surface area contributed by atoms with Crippen LogP contribution >= 0.6 is 15.9 Å². The summed E-state index contributed by atoms with van der Waals surface area (Å²) in [5, 5.41) is 2.83. The fourth-order valence-electron chi connectivity index (χ4n) is 3.40. The molecule has 0 spiro atoms. The Kier molecular flexibility index (Phi) is 9.37. The zero-order valence-corrected chi connectivity index (χ0v) is 20.4. The average Bonchev–Trinajstić information content (AvgIpc) is 2.75. The van der Waals surface area contributed by atoms with Gasteiger partial charge in [0.1, 0.15) is 17.5 Å². The maximum Gasteiger partial charge on any atom is 0.261 e. The first-order valence-corrected chi connectivity index (χ1v) is 11.2. The molecule has 6 nitrogen and oxygen atoms in total. The fourth-order valence-corrected chi connectivity index (χ4v) is 3.63. The molecule has 1 N–H and O–H groups in total. The molecule has 0 saturated heterocycles. The monoisotopic (exact) mass is 490 g/mol.